The first kappa shape index (κ1) is 11.7. The van der Waals surface area contributed by atoms with Gasteiger partial charge in [0, 0.05) is 11.9 Å². The van der Waals surface area contributed by atoms with Gasteiger partial charge in [0.05, 0.1) is 0 Å². The van der Waals surface area contributed by atoms with E-state index < -0.39 is 0 Å². The zero-order valence-electron chi connectivity index (χ0n) is 9.99. The summed E-state index contributed by atoms with van der Waals surface area (Å²) >= 11 is 0. The van der Waals surface area contributed by atoms with Gasteiger partial charge in [0.1, 0.15) is 0 Å². The molecule has 0 aliphatic heterocycles. The van der Waals surface area contributed by atoms with E-state index in [0.717, 1.165) is 5.70 Å². The number of nitrogens with zero attached hydrogens (tertiary/aromatic N) is 1. The van der Waals surface area contributed by atoms with Gasteiger partial charge in [-0.15, -0.1) is 0 Å². The van der Waals surface area contributed by atoms with Gasteiger partial charge in [0.25, 0.3) is 0 Å². The average Bonchev–Trinajstić information content (AvgIpc) is 2.20. The van der Waals surface area contributed by atoms with Crippen molar-refractivity contribution >= 4 is 12.3 Å². The highest BCUT2D eigenvalue weighted by atomic mass is 14.7. The molecule has 1 aromatic carbocycles. The predicted octanol–water partition coefficient (Wildman–Crippen LogP) is 4.08. The minimum absolute atomic E-state index is 0.459. The van der Waals surface area contributed by atoms with Crippen molar-refractivity contribution in [3.63, 3.8) is 0 Å². The zero-order valence-corrected chi connectivity index (χ0v) is 9.99. The molecule has 0 aromatic heterocycles. The Morgan fingerprint density at radius 2 is 1.93 bits per heavy atom. The van der Waals surface area contributed by atoms with Crippen LogP contribution in [0.1, 0.15) is 31.9 Å². The van der Waals surface area contributed by atoms with Gasteiger partial charge >= 0.3 is 0 Å². The summed E-state index contributed by atoms with van der Waals surface area (Å²) in [5.74, 6) is 0.459. The van der Waals surface area contributed by atoms with Crippen molar-refractivity contribution in [1.29, 1.82) is 0 Å². The normalized spacial score (nSPS) is 12.7. The van der Waals surface area contributed by atoms with Crippen molar-refractivity contribution in [1.82, 2.24) is 0 Å². The van der Waals surface area contributed by atoms with E-state index >= 15 is 0 Å². The summed E-state index contributed by atoms with van der Waals surface area (Å²) in [7, 11) is 0. The fourth-order valence-electron chi connectivity index (χ4n) is 1.41. The molecule has 0 aliphatic rings. The van der Waals surface area contributed by atoms with E-state index in [9.17, 15) is 0 Å². The third-order valence-electron chi connectivity index (χ3n) is 2.36. The van der Waals surface area contributed by atoms with Crippen LogP contribution < -0.4 is 0 Å². The Bertz CT molecular complexity index is 373. The van der Waals surface area contributed by atoms with E-state index in [1.807, 2.05) is 13.1 Å². The van der Waals surface area contributed by atoms with E-state index in [0.29, 0.717) is 5.92 Å². The van der Waals surface area contributed by atoms with E-state index in [1.165, 1.54) is 11.1 Å². The van der Waals surface area contributed by atoms with Crippen molar-refractivity contribution in [3.8, 4) is 0 Å². The minimum Gasteiger partial charge on any atom is -0.266 e. The lowest BCUT2D eigenvalue weighted by Crippen LogP contribution is -1.92. The van der Waals surface area contributed by atoms with Gasteiger partial charge in [-0.25, -0.2) is 0 Å². The molecule has 0 unspecified atom stereocenters. The molecule has 15 heavy (non-hydrogen) atoms. The summed E-state index contributed by atoms with van der Waals surface area (Å²) in [5.41, 5.74) is 3.68. The highest BCUT2D eigenvalue weighted by Crippen LogP contribution is 2.17. The van der Waals surface area contributed by atoms with E-state index in [2.05, 4.69) is 56.1 Å². The van der Waals surface area contributed by atoms with Crippen LogP contribution >= 0.6 is 0 Å². The lowest BCUT2D eigenvalue weighted by atomic mass is 10.0. The minimum atomic E-state index is 0.459. The Balaban J connectivity index is 3.07. The Morgan fingerprint density at radius 3 is 2.47 bits per heavy atom. The van der Waals surface area contributed by atoms with Gasteiger partial charge < -0.3 is 0 Å². The van der Waals surface area contributed by atoms with Crippen LogP contribution in [0.5, 0.6) is 0 Å². The fraction of sp³-hybridized carbons (Fsp3) is 0.357. The van der Waals surface area contributed by atoms with E-state index in [4.69, 9.17) is 0 Å². The molecule has 1 aromatic rings. The molecule has 0 saturated carbocycles. The molecule has 1 rings (SSSR count). The second kappa shape index (κ2) is 5.50. The van der Waals surface area contributed by atoms with E-state index in [1.54, 1.807) is 0 Å². The Labute approximate surface area is 92.6 Å². The van der Waals surface area contributed by atoms with Gasteiger partial charge in [0.2, 0.25) is 0 Å². The van der Waals surface area contributed by atoms with Gasteiger partial charge in [-0.1, -0.05) is 38.1 Å². The maximum atomic E-state index is 4.40. The van der Waals surface area contributed by atoms with Crippen molar-refractivity contribution in [2.24, 2.45) is 10.9 Å². The molecule has 0 saturated heterocycles. The number of allylic oxidation sites excluding steroid dienone is 1. The molecule has 0 N–H and O–H groups in total. The average molecular weight is 201 g/mol. The summed E-state index contributed by atoms with van der Waals surface area (Å²) < 4.78 is 0. The maximum Gasteiger partial charge on any atom is 0.0430 e. The summed E-state index contributed by atoms with van der Waals surface area (Å²) in [6.45, 7) is 8.40. The molecule has 0 amide bonds. The van der Waals surface area contributed by atoms with Crippen LogP contribution in [0.4, 0.5) is 0 Å². The van der Waals surface area contributed by atoms with Crippen LogP contribution in [0.2, 0.25) is 0 Å². The largest absolute Gasteiger partial charge is 0.266 e. The first-order chi connectivity index (χ1) is 7.15. The zero-order chi connectivity index (χ0) is 11.3. The maximum absolute atomic E-state index is 4.40. The lowest BCUT2D eigenvalue weighted by Gasteiger charge is -2.07. The SMILES string of the molecule is CC=N/C(=C\c1ccccc1C)C(C)C. The molecule has 0 aliphatic carbocycles. The van der Waals surface area contributed by atoms with Crippen molar-refractivity contribution in [2.75, 3.05) is 0 Å². The van der Waals surface area contributed by atoms with E-state index in [-0.39, 0.29) is 0 Å². The molecule has 0 heterocycles. The third kappa shape index (κ3) is 3.35. The molecule has 0 spiro atoms. The molecule has 0 bridgehead atoms. The standard InChI is InChI=1S/C14H19N/c1-5-15-14(11(2)3)10-13-9-7-6-8-12(13)4/h5-11H,1-4H3/b14-10-,15-5?. The Hall–Kier alpha value is -1.37. The van der Waals surface area contributed by atoms with Gasteiger partial charge in [0.15, 0.2) is 0 Å². The quantitative estimate of drug-likeness (QED) is 0.653. The molecule has 0 radical (unpaired) electrons. The van der Waals surface area contributed by atoms with Crippen LogP contribution in [-0.2, 0) is 0 Å². The lowest BCUT2D eigenvalue weighted by molar-refractivity contribution is 0.765. The monoisotopic (exact) mass is 201 g/mol. The Kier molecular flexibility index (Phi) is 4.29. The molecular formula is C14H19N. The first-order valence-corrected chi connectivity index (χ1v) is 5.41. The van der Waals surface area contributed by atoms with Crippen LogP contribution in [0.3, 0.4) is 0 Å². The fourth-order valence-corrected chi connectivity index (χ4v) is 1.41. The summed E-state index contributed by atoms with van der Waals surface area (Å²) in [6.07, 6.45) is 4.02. The van der Waals surface area contributed by atoms with Crippen LogP contribution in [-0.4, -0.2) is 6.21 Å². The molecule has 0 atom stereocenters. The predicted molar refractivity (Wildman–Crippen MR) is 68.2 cm³/mol. The van der Waals surface area contributed by atoms with Crippen LogP contribution in [0, 0.1) is 12.8 Å². The van der Waals surface area contributed by atoms with Crippen LogP contribution in [0.15, 0.2) is 35.0 Å². The summed E-state index contributed by atoms with van der Waals surface area (Å²) in [5, 5.41) is 0. The Morgan fingerprint density at radius 1 is 1.27 bits per heavy atom. The number of hydrogen-bond acceptors (Lipinski definition) is 1. The number of benzene rings is 1. The number of aryl methyl sites for hydroxylation is 1. The van der Waals surface area contributed by atoms with Crippen molar-refractivity contribution in [3.05, 3.63) is 41.1 Å². The molecule has 80 valence electrons. The topological polar surface area (TPSA) is 12.4 Å². The molecule has 1 heteroatoms. The second-order valence-corrected chi connectivity index (χ2v) is 3.97. The van der Waals surface area contributed by atoms with Crippen molar-refractivity contribution in [2.45, 2.75) is 27.7 Å². The second-order valence-electron chi connectivity index (χ2n) is 3.97. The highest BCUT2D eigenvalue weighted by Gasteiger charge is 2.01. The summed E-state index contributed by atoms with van der Waals surface area (Å²) in [4.78, 5) is 4.40. The summed E-state index contributed by atoms with van der Waals surface area (Å²) in [6, 6.07) is 8.37. The third-order valence-corrected chi connectivity index (χ3v) is 2.36. The number of rotatable bonds is 3. The molecular weight excluding hydrogens is 182 g/mol. The number of aliphatic imine (C=N–C) groups is 1. The van der Waals surface area contributed by atoms with Gasteiger partial charge in [-0.3, -0.25) is 4.99 Å². The van der Waals surface area contributed by atoms with Gasteiger partial charge in [-0.2, -0.15) is 0 Å². The van der Waals surface area contributed by atoms with Crippen LogP contribution in [0.25, 0.3) is 6.08 Å². The first-order valence-electron chi connectivity index (χ1n) is 5.41. The number of hydrogen-bond donors (Lipinski definition) is 0. The smallest absolute Gasteiger partial charge is 0.0430 e. The van der Waals surface area contributed by atoms with Crippen molar-refractivity contribution < 1.29 is 0 Å². The van der Waals surface area contributed by atoms with Gasteiger partial charge in [-0.05, 0) is 37.0 Å². The highest BCUT2D eigenvalue weighted by molar-refractivity contribution is 5.62. The molecule has 1 nitrogen and oxygen atoms in total. The molecule has 0 fully saturated rings.